The Morgan fingerprint density at radius 1 is 1.50 bits per heavy atom. The predicted octanol–water partition coefficient (Wildman–Crippen LogP) is 0.737. The number of rotatable bonds is 7. The molecule has 0 aliphatic carbocycles. The van der Waals surface area contributed by atoms with Crippen molar-refractivity contribution in [3.8, 4) is 0 Å². The van der Waals surface area contributed by atoms with Crippen LogP contribution < -0.4 is 5.32 Å². The zero-order valence-electron chi connectivity index (χ0n) is 11.2. The van der Waals surface area contributed by atoms with Crippen LogP contribution in [0, 0.1) is 5.92 Å². The maximum Gasteiger partial charge on any atom is 0.224 e. The first-order valence-corrected chi connectivity index (χ1v) is 8.47. The molecule has 20 heavy (non-hydrogen) atoms. The Balaban J connectivity index is 1.54. The monoisotopic (exact) mass is 301 g/mol. The lowest BCUT2D eigenvalue weighted by Gasteiger charge is -2.09. The lowest BCUT2D eigenvalue weighted by molar-refractivity contribution is -0.124. The summed E-state index contributed by atoms with van der Waals surface area (Å²) in [5, 5.41) is 2.75. The summed E-state index contributed by atoms with van der Waals surface area (Å²) in [6, 6.07) is 3.64. The van der Waals surface area contributed by atoms with Gasteiger partial charge in [0.15, 0.2) is 9.84 Å². The normalized spacial score (nSPS) is 20.9. The molecule has 6 nitrogen and oxygen atoms in total. The van der Waals surface area contributed by atoms with Crippen molar-refractivity contribution in [2.75, 3.05) is 24.7 Å². The summed E-state index contributed by atoms with van der Waals surface area (Å²) in [6.07, 6.45) is 2.71. The minimum Gasteiger partial charge on any atom is -0.467 e. The fourth-order valence-corrected chi connectivity index (χ4v) is 3.84. The minimum absolute atomic E-state index is 0.0200. The van der Waals surface area contributed by atoms with E-state index in [1.807, 2.05) is 6.07 Å². The van der Waals surface area contributed by atoms with Gasteiger partial charge in [-0.2, -0.15) is 0 Å². The van der Waals surface area contributed by atoms with E-state index in [4.69, 9.17) is 9.15 Å². The van der Waals surface area contributed by atoms with Gasteiger partial charge in [0.25, 0.3) is 0 Å². The molecule has 112 valence electrons. The van der Waals surface area contributed by atoms with Gasteiger partial charge in [0.1, 0.15) is 12.4 Å². The van der Waals surface area contributed by atoms with E-state index in [1.165, 1.54) is 0 Å². The van der Waals surface area contributed by atoms with Gasteiger partial charge in [0.2, 0.25) is 5.91 Å². The number of amides is 1. The van der Waals surface area contributed by atoms with Crippen molar-refractivity contribution in [3.05, 3.63) is 24.2 Å². The van der Waals surface area contributed by atoms with Crippen molar-refractivity contribution in [2.45, 2.75) is 19.4 Å². The maximum absolute atomic E-state index is 11.7. The number of carbonyl (C=O) groups excluding carboxylic acids is 1. The topological polar surface area (TPSA) is 85.6 Å². The third-order valence-electron chi connectivity index (χ3n) is 3.19. The van der Waals surface area contributed by atoms with E-state index in [1.54, 1.807) is 12.3 Å². The largest absolute Gasteiger partial charge is 0.467 e. The summed E-state index contributed by atoms with van der Waals surface area (Å²) in [6.45, 7) is 1.43. The lowest BCUT2D eigenvalue weighted by atomic mass is 10.1. The summed E-state index contributed by atoms with van der Waals surface area (Å²) >= 11 is 0. The van der Waals surface area contributed by atoms with Crippen molar-refractivity contribution in [2.24, 2.45) is 5.92 Å². The van der Waals surface area contributed by atoms with E-state index in [2.05, 4.69) is 5.32 Å². The average Bonchev–Trinajstić information content (AvgIpc) is 3.02. The molecule has 7 heteroatoms. The zero-order valence-corrected chi connectivity index (χ0v) is 12.0. The molecule has 1 aromatic heterocycles. The van der Waals surface area contributed by atoms with Crippen LogP contribution in [-0.2, 0) is 26.0 Å². The number of sulfone groups is 1. The highest BCUT2D eigenvalue weighted by Crippen LogP contribution is 2.18. The Morgan fingerprint density at radius 2 is 2.35 bits per heavy atom. The van der Waals surface area contributed by atoms with Gasteiger partial charge in [-0.1, -0.05) is 0 Å². The van der Waals surface area contributed by atoms with Gasteiger partial charge in [-0.15, -0.1) is 0 Å². The Morgan fingerprint density at radius 3 is 3.00 bits per heavy atom. The van der Waals surface area contributed by atoms with E-state index in [0.717, 1.165) is 5.76 Å². The van der Waals surface area contributed by atoms with Crippen molar-refractivity contribution in [1.82, 2.24) is 5.32 Å². The van der Waals surface area contributed by atoms with Crippen molar-refractivity contribution in [3.63, 3.8) is 0 Å². The van der Waals surface area contributed by atoms with E-state index in [0.29, 0.717) is 32.6 Å². The summed E-state index contributed by atoms with van der Waals surface area (Å²) in [4.78, 5) is 11.7. The molecule has 2 heterocycles. The van der Waals surface area contributed by atoms with Crippen LogP contribution in [0.15, 0.2) is 22.8 Å². The first-order valence-electron chi connectivity index (χ1n) is 6.65. The maximum atomic E-state index is 11.7. The van der Waals surface area contributed by atoms with Crippen molar-refractivity contribution in [1.29, 1.82) is 0 Å². The smallest absolute Gasteiger partial charge is 0.224 e. The van der Waals surface area contributed by atoms with Crippen LogP contribution in [0.4, 0.5) is 0 Å². The Bertz CT molecular complexity index is 523. The molecule has 0 bridgehead atoms. The van der Waals surface area contributed by atoms with Gasteiger partial charge in [-0.25, -0.2) is 8.42 Å². The first kappa shape index (κ1) is 15.1. The quantitative estimate of drug-likeness (QED) is 0.751. The Hall–Kier alpha value is -1.34. The van der Waals surface area contributed by atoms with Crippen LogP contribution in [0.2, 0.25) is 0 Å². The molecule has 0 aromatic carbocycles. The molecule has 1 saturated heterocycles. The highest BCUT2D eigenvalue weighted by Gasteiger charge is 2.32. The summed E-state index contributed by atoms with van der Waals surface area (Å²) in [5.41, 5.74) is 0. The van der Waals surface area contributed by atoms with Crippen LogP contribution >= 0.6 is 0 Å². The summed E-state index contributed by atoms with van der Waals surface area (Å²) < 4.78 is 33.0. The third-order valence-corrected chi connectivity index (χ3v) is 4.96. The van der Waals surface area contributed by atoms with Crippen LogP contribution in [0.1, 0.15) is 18.6 Å². The molecule has 0 radical (unpaired) electrons. The van der Waals surface area contributed by atoms with Crippen LogP contribution in [0.5, 0.6) is 0 Å². The van der Waals surface area contributed by atoms with E-state index in [9.17, 15) is 13.2 Å². The molecule has 0 saturated carbocycles. The molecular weight excluding hydrogens is 282 g/mol. The Labute approximate surface area is 118 Å². The molecular formula is C13H19NO5S. The van der Waals surface area contributed by atoms with Crippen molar-refractivity contribution >= 4 is 15.7 Å². The molecule has 0 spiro atoms. The number of furan rings is 1. The molecule has 1 fully saturated rings. The minimum atomic E-state index is -3.00. The molecule has 2 rings (SSSR count). The molecule has 0 unspecified atom stereocenters. The number of nitrogens with one attached hydrogen (secondary N) is 1. The molecule has 1 atom stereocenters. The van der Waals surface area contributed by atoms with E-state index in [-0.39, 0.29) is 23.3 Å². The first-order chi connectivity index (χ1) is 9.57. The zero-order chi connectivity index (χ0) is 14.4. The van der Waals surface area contributed by atoms with Gasteiger partial charge in [0.05, 0.1) is 23.7 Å². The number of carbonyl (C=O) groups is 1. The Kier molecular flexibility index (Phi) is 5.19. The molecule has 1 aliphatic rings. The third kappa shape index (κ3) is 4.64. The molecule has 1 amide bonds. The number of hydrogen-bond donors (Lipinski definition) is 1. The van der Waals surface area contributed by atoms with Gasteiger partial charge in [-0.05, 0) is 25.0 Å². The van der Waals surface area contributed by atoms with Gasteiger partial charge in [0, 0.05) is 13.2 Å². The fourth-order valence-electron chi connectivity index (χ4n) is 2.10. The number of hydrogen-bond acceptors (Lipinski definition) is 5. The number of ether oxygens (including phenoxy) is 1. The second kappa shape index (κ2) is 6.90. The molecule has 1 aliphatic heterocycles. The highest BCUT2D eigenvalue weighted by molar-refractivity contribution is 7.91. The van der Waals surface area contributed by atoms with Gasteiger partial charge in [-0.3, -0.25) is 4.79 Å². The summed E-state index contributed by atoms with van der Waals surface area (Å²) in [7, 11) is -3.00. The standard InChI is InChI=1S/C13H19NO5S/c15-13(11-4-8-20(16,17)10-11)14-5-2-6-18-9-12-3-1-7-19-12/h1,3,7,11H,2,4-6,8-10H2,(H,14,15)/t11-/m1/s1. The van der Waals surface area contributed by atoms with Crippen LogP contribution in [0.3, 0.4) is 0 Å². The highest BCUT2D eigenvalue weighted by atomic mass is 32.2. The van der Waals surface area contributed by atoms with E-state index < -0.39 is 9.84 Å². The van der Waals surface area contributed by atoms with Crippen LogP contribution in [-0.4, -0.2) is 39.0 Å². The average molecular weight is 301 g/mol. The van der Waals surface area contributed by atoms with E-state index >= 15 is 0 Å². The van der Waals surface area contributed by atoms with Gasteiger partial charge >= 0.3 is 0 Å². The van der Waals surface area contributed by atoms with Gasteiger partial charge < -0.3 is 14.5 Å². The molecule has 1 N–H and O–H groups in total. The van der Waals surface area contributed by atoms with Crippen molar-refractivity contribution < 1.29 is 22.4 Å². The summed E-state index contributed by atoms with van der Waals surface area (Å²) in [5.74, 6) is 0.317. The van der Waals surface area contributed by atoms with Crippen LogP contribution in [0.25, 0.3) is 0 Å². The molecule has 1 aromatic rings. The fraction of sp³-hybridized carbons (Fsp3) is 0.615. The SMILES string of the molecule is O=C(NCCCOCc1ccco1)[C@@H]1CCS(=O)(=O)C1. The lowest BCUT2D eigenvalue weighted by Crippen LogP contribution is -2.32. The predicted molar refractivity (Wildman–Crippen MR) is 72.8 cm³/mol. The second-order valence-corrected chi connectivity index (χ2v) is 7.11. The second-order valence-electron chi connectivity index (χ2n) is 4.88.